The number of nitrogens with zero attached hydrogens (tertiary/aromatic N) is 4. The van der Waals surface area contributed by atoms with Gasteiger partial charge in [0.15, 0.2) is 0 Å². The van der Waals surface area contributed by atoms with Crippen LogP contribution in [0, 0.1) is 0 Å². The van der Waals surface area contributed by atoms with Crippen LogP contribution in [-0.4, -0.2) is 124 Å². The van der Waals surface area contributed by atoms with Gasteiger partial charge in [-0.1, -0.05) is 27.7 Å². The van der Waals surface area contributed by atoms with Gasteiger partial charge in [-0.3, -0.25) is 4.90 Å². The zero-order chi connectivity index (χ0) is 19.7. The van der Waals surface area contributed by atoms with Crippen molar-refractivity contribution in [3.05, 3.63) is 0 Å². The molecular formula is C21H47N5O. The fraction of sp³-hybridized carbons (Fsp3) is 1.00. The second-order valence-electron chi connectivity index (χ2n) is 7.45. The highest BCUT2D eigenvalue weighted by atomic mass is 16.5. The summed E-state index contributed by atoms with van der Waals surface area (Å²) >= 11 is 0. The van der Waals surface area contributed by atoms with Crippen LogP contribution in [0.5, 0.6) is 0 Å². The summed E-state index contributed by atoms with van der Waals surface area (Å²) in [5.41, 5.74) is 0. The van der Waals surface area contributed by atoms with E-state index in [9.17, 15) is 0 Å². The first-order chi connectivity index (χ1) is 13.2. The van der Waals surface area contributed by atoms with Crippen molar-refractivity contribution in [2.75, 3.05) is 105 Å². The molecule has 0 unspecified atom stereocenters. The summed E-state index contributed by atoms with van der Waals surface area (Å²) in [5, 5.41) is 3.65. The van der Waals surface area contributed by atoms with E-state index < -0.39 is 0 Å². The van der Waals surface area contributed by atoms with Gasteiger partial charge in [-0.25, -0.2) is 0 Å². The molecule has 1 rings (SSSR count). The Morgan fingerprint density at radius 2 is 1.30 bits per heavy atom. The third-order valence-corrected chi connectivity index (χ3v) is 5.78. The van der Waals surface area contributed by atoms with Crippen molar-refractivity contribution in [2.24, 2.45) is 0 Å². The van der Waals surface area contributed by atoms with Gasteiger partial charge >= 0.3 is 0 Å². The summed E-state index contributed by atoms with van der Waals surface area (Å²) in [6.45, 7) is 26.5. The summed E-state index contributed by atoms with van der Waals surface area (Å²) in [6, 6.07) is 0. The lowest BCUT2D eigenvalue weighted by atomic mass is 10.3. The van der Waals surface area contributed by atoms with E-state index in [0.717, 1.165) is 91.8 Å². The van der Waals surface area contributed by atoms with Crippen LogP contribution >= 0.6 is 0 Å². The number of ether oxygens (including phenoxy) is 1. The van der Waals surface area contributed by atoms with Crippen LogP contribution in [0.2, 0.25) is 0 Å². The van der Waals surface area contributed by atoms with Gasteiger partial charge in [0.2, 0.25) is 0 Å². The third-order valence-electron chi connectivity index (χ3n) is 5.78. The minimum Gasteiger partial charge on any atom is -0.379 e. The molecule has 1 aliphatic heterocycles. The number of likely N-dealkylation sites (N-methyl/N-ethyl adjacent to an activating group) is 2. The van der Waals surface area contributed by atoms with E-state index >= 15 is 0 Å². The zero-order valence-corrected chi connectivity index (χ0v) is 18.7. The highest BCUT2D eigenvalue weighted by molar-refractivity contribution is 4.66. The van der Waals surface area contributed by atoms with Crippen molar-refractivity contribution in [1.82, 2.24) is 24.9 Å². The molecule has 0 aliphatic carbocycles. The smallest absolute Gasteiger partial charge is 0.0594 e. The van der Waals surface area contributed by atoms with Crippen molar-refractivity contribution in [3.63, 3.8) is 0 Å². The topological polar surface area (TPSA) is 34.2 Å². The molecule has 1 heterocycles. The third kappa shape index (κ3) is 12.0. The Balaban J connectivity index is 2.44. The second kappa shape index (κ2) is 16.7. The average Bonchev–Trinajstić information content (AvgIpc) is 2.70. The fourth-order valence-corrected chi connectivity index (χ4v) is 3.62. The van der Waals surface area contributed by atoms with Crippen LogP contribution in [0.1, 0.15) is 34.1 Å². The monoisotopic (exact) mass is 385 g/mol. The maximum Gasteiger partial charge on any atom is 0.0594 e. The highest BCUT2D eigenvalue weighted by Gasteiger charge is 2.10. The normalized spacial score (nSPS) is 21.2. The summed E-state index contributed by atoms with van der Waals surface area (Å²) in [6.07, 6.45) is 1.24. The summed E-state index contributed by atoms with van der Waals surface area (Å²) in [7, 11) is 0. The Morgan fingerprint density at radius 3 is 1.89 bits per heavy atom. The molecule has 6 nitrogen and oxygen atoms in total. The van der Waals surface area contributed by atoms with Crippen molar-refractivity contribution in [2.45, 2.75) is 34.1 Å². The first-order valence-electron chi connectivity index (χ1n) is 11.4. The van der Waals surface area contributed by atoms with Gasteiger partial charge in [-0.05, 0) is 45.7 Å². The average molecular weight is 386 g/mol. The summed E-state index contributed by atoms with van der Waals surface area (Å²) < 4.78 is 5.97. The van der Waals surface area contributed by atoms with Gasteiger partial charge in [-0.2, -0.15) is 0 Å². The van der Waals surface area contributed by atoms with E-state index in [4.69, 9.17) is 4.74 Å². The molecule has 1 fully saturated rings. The van der Waals surface area contributed by atoms with Crippen molar-refractivity contribution in [1.29, 1.82) is 0 Å². The second-order valence-corrected chi connectivity index (χ2v) is 7.45. The lowest BCUT2D eigenvalue weighted by Crippen LogP contribution is -2.40. The number of rotatable bonds is 8. The molecule has 27 heavy (non-hydrogen) atoms. The molecule has 0 aromatic carbocycles. The molecule has 0 aromatic rings. The van der Waals surface area contributed by atoms with Crippen LogP contribution in [0.15, 0.2) is 0 Å². The van der Waals surface area contributed by atoms with Crippen LogP contribution < -0.4 is 5.32 Å². The first-order valence-corrected chi connectivity index (χ1v) is 11.4. The lowest BCUT2D eigenvalue weighted by Gasteiger charge is -2.26. The van der Waals surface area contributed by atoms with E-state index in [-0.39, 0.29) is 0 Å². The van der Waals surface area contributed by atoms with Gasteiger partial charge in [0.05, 0.1) is 13.2 Å². The molecule has 0 atom stereocenters. The molecule has 1 saturated heterocycles. The van der Waals surface area contributed by atoms with Gasteiger partial charge in [0.1, 0.15) is 0 Å². The van der Waals surface area contributed by atoms with Crippen LogP contribution in [0.4, 0.5) is 0 Å². The van der Waals surface area contributed by atoms with E-state index in [1.54, 1.807) is 0 Å². The Hall–Kier alpha value is -0.240. The Kier molecular flexibility index (Phi) is 15.3. The van der Waals surface area contributed by atoms with Crippen LogP contribution in [0.3, 0.4) is 0 Å². The standard InChI is InChI=1S/C21H47N5O/c1-5-23(6-2)12-9-13-26-15-11-22-10-14-24(7-3)16-17-25(8-4)18-20-27-21-19-26/h22H,5-21H2,1-4H3. The molecule has 0 spiro atoms. The molecule has 1 N–H and O–H groups in total. The molecule has 0 bridgehead atoms. The lowest BCUT2D eigenvalue weighted by molar-refractivity contribution is 0.0814. The number of nitrogens with one attached hydrogen (secondary N) is 1. The van der Waals surface area contributed by atoms with Crippen LogP contribution in [0.25, 0.3) is 0 Å². The molecule has 6 heteroatoms. The van der Waals surface area contributed by atoms with E-state index in [1.165, 1.54) is 19.5 Å². The number of hydrogen-bond acceptors (Lipinski definition) is 6. The SMILES string of the molecule is CCN(CC)CCCN1CCNCCN(CC)CCN(CC)CCOCC1. The molecule has 0 saturated carbocycles. The Bertz CT molecular complexity index is 306. The van der Waals surface area contributed by atoms with Gasteiger partial charge < -0.3 is 24.8 Å². The van der Waals surface area contributed by atoms with Crippen LogP contribution in [-0.2, 0) is 4.74 Å². The first kappa shape index (κ1) is 24.8. The van der Waals surface area contributed by atoms with Gasteiger partial charge in [-0.15, -0.1) is 0 Å². The molecular weight excluding hydrogens is 338 g/mol. The van der Waals surface area contributed by atoms with Gasteiger partial charge in [0, 0.05) is 52.4 Å². The number of hydrogen-bond donors (Lipinski definition) is 1. The van der Waals surface area contributed by atoms with E-state index in [2.05, 4.69) is 52.6 Å². The fourth-order valence-electron chi connectivity index (χ4n) is 3.62. The van der Waals surface area contributed by atoms with Gasteiger partial charge in [0.25, 0.3) is 0 Å². The Labute approximate surface area is 169 Å². The van der Waals surface area contributed by atoms with Crippen molar-refractivity contribution >= 4 is 0 Å². The minimum atomic E-state index is 0.851. The van der Waals surface area contributed by atoms with E-state index in [1.807, 2.05) is 0 Å². The molecule has 0 amide bonds. The molecule has 162 valence electrons. The Morgan fingerprint density at radius 1 is 0.741 bits per heavy atom. The van der Waals surface area contributed by atoms with Crippen molar-refractivity contribution in [3.8, 4) is 0 Å². The van der Waals surface area contributed by atoms with Crippen molar-refractivity contribution < 1.29 is 4.74 Å². The minimum absolute atomic E-state index is 0.851. The quantitative estimate of drug-likeness (QED) is 0.678. The zero-order valence-electron chi connectivity index (χ0n) is 18.7. The van der Waals surface area contributed by atoms with E-state index in [0.29, 0.717) is 0 Å². The maximum atomic E-state index is 5.97. The molecule has 0 radical (unpaired) electrons. The maximum absolute atomic E-state index is 5.97. The molecule has 1 aliphatic rings. The largest absolute Gasteiger partial charge is 0.379 e. The highest BCUT2D eigenvalue weighted by Crippen LogP contribution is 1.98. The molecule has 0 aromatic heterocycles. The predicted octanol–water partition coefficient (Wildman–Crippen LogP) is 1.28. The predicted molar refractivity (Wildman–Crippen MR) is 117 cm³/mol. The summed E-state index contributed by atoms with van der Waals surface area (Å²) in [4.78, 5) is 10.2. The summed E-state index contributed by atoms with van der Waals surface area (Å²) in [5.74, 6) is 0.